The number of carbonyl (C=O) groups excluding carboxylic acids is 3. The van der Waals surface area contributed by atoms with Crippen molar-refractivity contribution in [2.24, 2.45) is 0 Å². The molecule has 3 nitrogen and oxygen atoms in total. The van der Waals surface area contributed by atoms with Crippen LogP contribution < -0.4 is 0 Å². The number of hydrogen-bond donors (Lipinski definition) is 0. The smallest absolute Gasteiger partial charge is 0.194 e. The zero-order chi connectivity index (χ0) is 17.0. The Bertz CT molecular complexity index is 1070. The molecule has 0 radical (unpaired) electrons. The third-order valence-electron chi connectivity index (χ3n) is 4.61. The van der Waals surface area contributed by atoms with E-state index < -0.39 is 0 Å². The number of benzene rings is 3. The average molecular weight is 314 g/mol. The second kappa shape index (κ2) is 4.96. The fraction of sp³-hybridized carbons (Fsp3) is 0.0952. The minimum Gasteiger partial charge on any atom is -0.295 e. The van der Waals surface area contributed by atoms with Crippen molar-refractivity contribution in [1.29, 1.82) is 0 Å². The van der Waals surface area contributed by atoms with E-state index in [1.807, 2.05) is 18.2 Å². The Kier molecular flexibility index (Phi) is 3.00. The molecule has 3 aromatic rings. The second-order valence-corrected chi connectivity index (χ2v) is 6.13. The van der Waals surface area contributed by atoms with Gasteiger partial charge in [-0.1, -0.05) is 24.3 Å². The zero-order valence-corrected chi connectivity index (χ0v) is 13.3. The summed E-state index contributed by atoms with van der Waals surface area (Å²) in [4.78, 5) is 35.9. The highest BCUT2D eigenvalue weighted by atomic mass is 16.1. The normalized spacial score (nSPS) is 12.2. The second-order valence-electron chi connectivity index (χ2n) is 6.13. The Hall–Kier alpha value is -3.07. The summed E-state index contributed by atoms with van der Waals surface area (Å²) in [5.41, 5.74) is 4.15. The molecule has 0 heterocycles. The number of carbonyl (C=O) groups is 3. The lowest BCUT2D eigenvalue weighted by Gasteiger charge is -2.08. The van der Waals surface area contributed by atoms with E-state index >= 15 is 0 Å². The third kappa shape index (κ3) is 1.95. The van der Waals surface area contributed by atoms with Gasteiger partial charge in [0.1, 0.15) is 0 Å². The Balaban J connectivity index is 2.06. The van der Waals surface area contributed by atoms with Crippen LogP contribution in [0.3, 0.4) is 0 Å². The molecule has 3 heteroatoms. The van der Waals surface area contributed by atoms with E-state index in [9.17, 15) is 14.4 Å². The molecular weight excluding hydrogens is 300 g/mol. The van der Waals surface area contributed by atoms with Crippen LogP contribution in [0.4, 0.5) is 0 Å². The topological polar surface area (TPSA) is 51.2 Å². The third-order valence-corrected chi connectivity index (χ3v) is 4.61. The highest BCUT2D eigenvalue weighted by molar-refractivity contribution is 6.26. The van der Waals surface area contributed by atoms with Gasteiger partial charge in [-0.3, -0.25) is 14.4 Å². The zero-order valence-electron chi connectivity index (χ0n) is 13.3. The van der Waals surface area contributed by atoms with Crippen molar-refractivity contribution >= 4 is 28.1 Å². The van der Waals surface area contributed by atoms with Crippen LogP contribution in [0.2, 0.25) is 0 Å². The summed E-state index contributed by atoms with van der Waals surface area (Å²) in [6.45, 7) is 3.05. The summed E-state index contributed by atoms with van der Waals surface area (Å²) >= 11 is 0. The largest absolute Gasteiger partial charge is 0.295 e. The number of fused-ring (bicyclic) bond motifs is 5. The van der Waals surface area contributed by atoms with E-state index in [-0.39, 0.29) is 17.3 Å². The molecule has 1 aliphatic rings. The maximum atomic E-state index is 12.6. The monoisotopic (exact) mass is 314 g/mol. The molecule has 0 aliphatic heterocycles. The lowest BCUT2D eigenvalue weighted by molar-refractivity contribution is 0.100. The van der Waals surface area contributed by atoms with E-state index in [0.29, 0.717) is 22.3 Å². The quantitative estimate of drug-likeness (QED) is 0.513. The van der Waals surface area contributed by atoms with Gasteiger partial charge < -0.3 is 0 Å². The molecule has 1 aliphatic carbocycles. The first-order valence-corrected chi connectivity index (χ1v) is 7.75. The molecule has 0 fully saturated rings. The molecule has 24 heavy (non-hydrogen) atoms. The molecular formula is C21H14O3. The molecule has 0 atom stereocenters. The van der Waals surface area contributed by atoms with E-state index in [4.69, 9.17) is 0 Å². The SMILES string of the molecule is CC(=O)c1ccc2c(c1)-c1c(ccc3cc(C(C)=O)ccc13)C2=O. The van der Waals surface area contributed by atoms with Crippen LogP contribution in [0.15, 0.2) is 48.5 Å². The fourth-order valence-electron chi connectivity index (χ4n) is 3.34. The van der Waals surface area contributed by atoms with Crippen LogP contribution >= 0.6 is 0 Å². The van der Waals surface area contributed by atoms with Gasteiger partial charge in [-0.05, 0) is 54.4 Å². The fourth-order valence-corrected chi connectivity index (χ4v) is 3.34. The lowest BCUT2D eigenvalue weighted by atomic mass is 9.95. The number of rotatable bonds is 2. The Morgan fingerprint density at radius 3 is 2.04 bits per heavy atom. The van der Waals surface area contributed by atoms with Gasteiger partial charge in [0.2, 0.25) is 0 Å². The Morgan fingerprint density at radius 2 is 1.33 bits per heavy atom. The van der Waals surface area contributed by atoms with Gasteiger partial charge in [-0.15, -0.1) is 0 Å². The molecule has 0 N–H and O–H groups in total. The van der Waals surface area contributed by atoms with Gasteiger partial charge in [0.05, 0.1) is 0 Å². The molecule has 4 rings (SSSR count). The molecule has 3 aromatic carbocycles. The van der Waals surface area contributed by atoms with Crippen LogP contribution in [0.5, 0.6) is 0 Å². The van der Waals surface area contributed by atoms with Crippen LogP contribution in [0, 0.1) is 0 Å². The molecule has 0 saturated heterocycles. The first-order valence-electron chi connectivity index (χ1n) is 7.75. The summed E-state index contributed by atoms with van der Waals surface area (Å²) in [5, 5.41) is 1.83. The van der Waals surface area contributed by atoms with Crippen LogP contribution in [-0.4, -0.2) is 17.3 Å². The van der Waals surface area contributed by atoms with E-state index in [1.165, 1.54) is 13.8 Å². The standard InChI is InChI=1S/C21H14O3/c1-11(22)13-3-6-16-15(9-13)5-8-18-20(16)19-10-14(12(2)23)4-7-17(19)21(18)24/h3-10H,1-2H3. The number of hydrogen-bond acceptors (Lipinski definition) is 3. The van der Waals surface area contributed by atoms with Crippen molar-refractivity contribution in [3.8, 4) is 11.1 Å². The summed E-state index contributed by atoms with van der Waals surface area (Å²) in [5.74, 6) is -0.0433. The van der Waals surface area contributed by atoms with Gasteiger partial charge in [0.25, 0.3) is 0 Å². The van der Waals surface area contributed by atoms with Gasteiger partial charge in [-0.25, -0.2) is 0 Å². The predicted octanol–water partition coefficient (Wildman–Crippen LogP) is 4.46. The highest BCUT2D eigenvalue weighted by Gasteiger charge is 2.28. The van der Waals surface area contributed by atoms with Gasteiger partial charge in [-0.2, -0.15) is 0 Å². The van der Waals surface area contributed by atoms with Crippen LogP contribution in [0.25, 0.3) is 21.9 Å². The first kappa shape index (κ1) is 14.5. The molecule has 0 saturated carbocycles. The van der Waals surface area contributed by atoms with E-state index in [0.717, 1.165) is 21.9 Å². The first-order chi connectivity index (χ1) is 11.5. The van der Waals surface area contributed by atoms with Crippen molar-refractivity contribution in [2.75, 3.05) is 0 Å². The van der Waals surface area contributed by atoms with Gasteiger partial charge in [0, 0.05) is 27.8 Å². The van der Waals surface area contributed by atoms with Crippen molar-refractivity contribution in [2.45, 2.75) is 13.8 Å². The van der Waals surface area contributed by atoms with E-state index in [1.54, 1.807) is 30.3 Å². The summed E-state index contributed by atoms with van der Waals surface area (Å²) in [6, 6.07) is 14.4. The predicted molar refractivity (Wildman–Crippen MR) is 92.8 cm³/mol. The molecule has 0 spiro atoms. The van der Waals surface area contributed by atoms with Crippen molar-refractivity contribution in [1.82, 2.24) is 0 Å². The van der Waals surface area contributed by atoms with Crippen molar-refractivity contribution in [3.63, 3.8) is 0 Å². The molecule has 116 valence electrons. The summed E-state index contributed by atoms with van der Waals surface area (Å²) < 4.78 is 0. The minimum atomic E-state index is -0.0298. The maximum Gasteiger partial charge on any atom is 0.194 e. The lowest BCUT2D eigenvalue weighted by Crippen LogP contribution is -1.96. The van der Waals surface area contributed by atoms with Crippen LogP contribution in [-0.2, 0) is 0 Å². The molecule has 0 bridgehead atoms. The number of ketones is 3. The molecule has 0 unspecified atom stereocenters. The summed E-state index contributed by atoms with van der Waals surface area (Å²) in [6.07, 6.45) is 0. The Morgan fingerprint density at radius 1 is 0.708 bits per heavy atom. The maximum absolute atomic E-state index is 12.6. The average Bonchev–Trinajstić information content (AvgIpc) is 2.86. The van der Waals surface area contributed by atoms with Gasteiger partial charge in [0.15, 0.2) is 17.3 Å². The van der Waals surface area contributed by atoms with Crippen LogP contribution in [0.1, 0.15) is 50.5 Å². The summed E-state index contributed by atoms with van der Waals surface area (Å²) in [7, 11) is 0. The van der Waals surface area contributed by atoms with Crippen molar-refractivity contribution in [3.05, 3.63) is 70.8 Å². The highest BCUT2D eigenvalue weighted by Crippen LogP contribution is 2.42. The number of Topliss-reactive ketones (excluding diaryl/α,β-unsaturated/α-hetero) is 2. The van der Waals surface area contributed by atoms with Crippen molar-refractivity contribution < 1.29 is 14.4 Å². The Labute approximate surface area is 138 Å². The molecule has 0 aromatic heterocycles. The minimum absolute atomic E-state index is 0.00717. The molecule has 0 amide bonds. The van der Waals surface area contributed by atoms with Gasteiger partial charge >= 0.3 is 0 Å². The van der Waals surface area contributed by atoms with E-state index in [2.05, 4.69) is 0 Å².